The number of hydrogen-bond acceptors (Lipinski definition) is 2. The summed E-state index contributed by atoms with van der Waals surface area (Å²) in [6.45, 7) is 9.36. The molecule has 1 rings (SSSR count). The summed E-state index contributed by atoms with van der Waals surface area (Å²) in [5.74, 6) is 2.11. The van der Waals surface area contributed by atoms with Gasteiger partial charge in [-0.05, 0) is 39.0 Å². The third-order valence-electron chi connectivity index (χ3n) is 3.24. The van der Waals surface area contributed by atoms with Gasteiger partial charge in [-0.1, -0.05) is 13.8 Å². The van der Waals surface area contributed by atoms with Gasteiger partial charge in [0.1, 0.15) is 0 Å². The molecule has 0 amide bonds. The molecule has 1 fully saturated rings. The average molecular weight is 187 g/mol. The summed E-state index contributed by atoms with van der Waals surface area (Å²) < 4.78 is 0.451. The van der Waals surface area contributed by atoms with Gasteiger partial charge in [0, 0.05) is 10.3 Å². The van der Waals surface area contributed by atoms with Crippen molar-refractivity contribution in [1.82, 2.24) is 5.32 Å². The lowest BCUT2D eigenvalue weighted by Crippen LogP contribution is -2.49. The third kappa shape index (κ3) is 1.80. The van der Waals surface area contributed by atoms with Crippen LogP contribution in [0.3, 0.4) is 0 Å². The van der Waals surface area contributed by atoms with Crippen LogP contribution in [0.1, 0.15) is 34.1 Å². The predicted molar refractivity (Wildman–Crippen MR) is 57.8 cm³/mol. The lowest BCUT2D eigenvalue weighted by Gasteiger charge is -2.39. The molecule has 0 aliphatic carbocycles. The molecule has 0 saturated carbocycles. The quantitative estimate of drug-likeness (QED) is 0.713. The standard InChI is InChI=1S/C10H21NS/c1-9(2,11-5)8-6-7-12-10(8,3)4/h8,11H,6-7H2,1-5H3. The van der Waals surface area contributed by atoms with E-state index in [1.807, 2.05) is 0 Å². The van der Waals surface area contributed by atoms with Crippen LogP contribution >= 0.6 is 11.8 Å². The van der Waals surface area contributed by atoms with E-state index < -0.39 is 0 Å². The normalized spacial score (nSPS) is 29.2. The Morgan fingerprint density at radius 3 is 2.33 bits per heavy atom. The molecule has 0 spiro atoms. The highest BCUT2D eigenvalue weighted by Gasteiger charge is 2.43. The fraction of sp³-hybridized carbons (Fsp3) is 1.00. The molecule has 1 aliphatic heterocycles. The lowest BCUT2D eigenvalue weighted by molar-refractivity contribution is 0.232. The average Bonchev–Trinajstić information content (AvgIpc) is 2.30. The molecule has 0 aromatic heterocycles. The van der Waals surface area contributed by atoms with Gasteiger partial charge in [-0.2, -0.15) is 11.8 Å². The topological polar surface area (TPSA) is 12.0 Å². The van der Waals surface area contributed by atoms with Gasteiger partial charge in [0.15, 0.2) is 0 Å². The highest BCUT2D eigenvalue weighted by Crippen LogP contribution is 2.47. The Balaban J connectivity index is 2.74. The van der Waals surface area contributed by atoms with Crippen molar-refractivity contribution in [1.29, 1.82) is 0 Å². The first-order chi connectivity index (χ1) is 5.40. The van der Waals surface area contributed by atoms with E-state index in [-0.39, 0.29) is 5.54 Å². The number of rotatable bonds is 2. The van der Waals surface area contributed by atoms with Gasteiger partial charge < -0.3 is 5.32 Å². The molecule has 1 saturated heterocycles. The summed E-state index contributed by atoms with van der Waals surface area (Å²) >= 11 is 2.11. The summed E-state index contributed by atoms with van der Waals surface area (Å²) in [6, 6.07) is 0. The maximum atomic E-state index is 3.43. The fourth-order valence-electron chi connectivity index (χ4n) is 2.29. The second-order valence-electron chi connectivity index (χ2n) is 4.76. The van der Waals surface area contributed by atoms with Gasteiger partial charge in [0.2, 0.25) is 0 Å². The Morgan fingerprint density at radius 2 is 2.00 bits per heavy atom. The molecule has 72 valence electrons. The van der Waals surface area contributed by atoms with Crippen molar-refractivity contribution in [2.75, 3.05) is 12.8 Å². The fourth-order valence-corrected chi connectivity index (χ4v) is 3.79. The zero-order chi connectivity index (χ0) is 9.41. The Labute approximate surface area is 80.7 Å². The van der Waals surface area contributed by atoms with E-state index in [2.05, 4.69) is 51.8 Å². The molecule has 1 nitrogen and oxygen atoms in total. The summed E-state index contributed by atoms with van der Waals surface area (Å²) in [5, 5.41) is 3.43. The largest absolute Gasteiger partial charge is 0.314 e. The van der Waals surface area contributed by atoms with E-state index in [9.17, 15) is 0 Å². The molecule has 1 unspecified atom stereocenters. The first kappa shape index (κ1) is 10.4. The first-order valence-electron chi connectivity index (χ1n) is 4.73. The van der Waals surface area contributed by atoms with Gasteiger partial charge in [0.25, 0.3) is 0 Å². The van der Waals surface area contributed by atoms with E-state index in [0.717, 1.165) is 5.92 Å². The molecular formula is C10H21NS. The van der Waals surface area contributed by atoms with E-state index in [1.165, 1.54) is 12.2 Å². The van der Waals surface area contributed by atoms with Crippen molar-refractivity contribution < 1.29 is 0 Å². The molecule has 1 atom stereocenters. The highest BCUT2D eigenvalue weighted by molar-refractivity contribution is 8.00. The predicted octanol–water partition coefficient (Wildman–Crippen LogP) is 2.52. The van der Waals surface area contributed by atoms with Crippen LogP contribution in [0.15, 0.2) is 0 Å². The third-order valence-corrected chi connectivity index (χ3v) is 4.70. The molecule has 12 heavy (non-hydrogen) atoms. The Kier molecular flexibility index (Phi) is 2.79. The maximum Gasteiger partial charge on any atom is 0.0163 e. The van der Waals surface area contributed by atoms with Gasteiger partial charge in [-0.3, -0.25) is 0 Å². The minimum Gasteiger partial charge on any atom is -0.314 e. The van der Waals surface area contributed by atoms with Gasteiger partial charge in [0.05, 0.1) is 0 Å². The SMILES string of the molecule is CNC(C)(C)C1CCSC1(C)C. The van der Waals surface area contributed by atoms with Crippen molar-refractivity contribution in [3.05, 3.63) is 0 Å². The lowest BCUT2D eigenvalue weighted by atomic mass is 9.77. The molecule has 1 heterocycles. The van der Waals surface area contributed by atoms with Gasteiger partial charge in [-0.15, -0.1) is 0 Å². The van der Waals surface area contributed by atoms with Crippen LogP contribution < -0.4 is 5.32 Å². The van der Waals surface area contributed by atoms with Crippen LogP contribution in [-0.2, 0) is 0 Å². The molecule has 1 N–H and O–H groups in total. The van der Waals surface area contributed by atoms with Crippen molar-refractivity contribution in [2.45, 2.75) is 44.4 Å². The van der Waals surface area contributed by atoms with E-state index in [4.69, 9.17) is 0 Å². The van der Waals surface area contributed by atoms with E-state index >= 15 is 0 Å². The Bertz CT molecular complexity index is 163. The summed E-state index contributed by atoms with van der Waals surface area (Å²) in [6.07, 6.45) is 1.35. The summed E-state index contributed by atoms with van der Waals surface area (Å²) in [5.41, 5.74) is 0.285. The van der Waals surface area contributed by atoms with E-state index in [1.54, 1.807) is 0 Å². The van der Waals surface area contributed by atoms with Crippen LogP contribution in [0.25, 0.3) is 0 Å². The molecule has 0 radical (unpaired) electrons. The van der Waals surface area contributed by atoms with Gasteiger partial charge in [-0.25, -0.2) is 0 Å². The molecular weight excluding hydrogens is 166 g/mol. The minimum absolute atomic E-state index is 0.285. The molecule has 0 bridgehead atoms. The van der Waals surface area contributed by atoms with Crippen LogP contribution in [0.5, 0.6) is 0 Å². The van der Waals surface area contributed by atoms with Crippen LogP contribution in [0.2, 0.25) is 0 Å². The second-order valence-corrected chi connectivity index (χ2v) is 6.51. The molecule has 1 aliphatic rings. The summed E-state index contributed by atoms with van der Waals surface area (Å²) in [7, 11) is 2.07. The zero-order valence-electron chi connectivity index (χ0n) is 8.90. The molecule has 0 aromatic rings. The Hall–Kier alpha value is 0.310. The zero-order valence-corrected chi connectivity index (χ0v) is 9.72. The molecule has 2 heteroatoms. The number of nitrogens with one attached hydrogen (secondary N) is 1. The molecule has 0 aromatic carbocycles. The Morgan fingerprint density at radius 1 is 1.42 bits per heavy atom. The monoisotopic (exact) mass is 187 g/mol. The summed E-state index contributed by atoms with van der Waals surface area (Å²) in [4.78, 5) is 0. The first-order valence-corrected chi connectivity index (χ1v) is 5.71. The number of hydrogen-bond donors (Lipinski definition) is 1. The van der Waals surface area contributed by atoms with Crippen molar-refractivity contribution in [2.24, 2.45) is 5.92 Å². The minimum atomic E-state index is 0.285. The van der Waals surface area contributed by atoms with Crippen LogP contribution in [0, 0.1) is 5.92 Å². The van der Waals surface area contributed by atoms with Crippen LogP contribution in [0.4, 0.5) is 0 Å². The van der Waals surface area contributed by atoms with Crippen LogP contribution in [-0.4, -0.2) is 23.1 Å². The highest BCUT2D eigenvalue weighted by atomic mass is 32.2. The second kappa shape index (κ2) is 3.22. The van der Waals surface area contributed by atoms with Crippen molar-refractivity contribution in [3.63, 3.8) is 0 Å². The number of thioether (sulfide) groups is 1. The maximum absolute atomic E-state index is 3.43. The van der Waals surface area contributed by atoms with Gasteiger partial charge >= 0.3 is 0 Å². The van der Waals surface area contributed by atoms with Crippen molar-refractivity contribution >= 4 is 11.8 Å². The smallest absolute Gasteiger partial charge is 0.0163 e. The van der Waals surface area contributed by atoms with Crippen molar-refractivity contribution in [3.8, 4) is 0 Å². The van der Waals surface area contributed by atoms with E-state index in [0.29, 0.717) is 4.75 Å².